The molecule has 0 atom stereocenters. The van der Waals surface area contributed by atoms with Gasteiger partial charge in [-0.2, -0.15) is 18.2 Å². The second-order valence-electron chi connectivity index (χ2n) is 3.52. The summed E-state index contributed by atoms with van der Waals surface area (Å²) in [4.78, 5) is 8.20. The van der Waals surface area contributed by atoms with Crippen molar-refractivity contribution in [2.75, 3.05) is 29.9 Å². The van der Waals surface area contributed by atoms with Crippen LogP contribution in [0.15, 0.2) is 6.20 Å². The zero-order valence-electron chi connectivity index (χ0n) is 10.1. The minimum atomic E-state index is -4.41. The number of hydrogen-bond donors (Lipinski definition) is 1. The minimum Gasteiger partial charge on any atom is -0.354 e. The summed E-state index contributed by atoms with van der Waals surface area (Å²) >= 11 is 0. The van der Waals surface area contributed by atoms with Gasteiger partial charge < -0.3 is 10.2 Å². The average Bonchev–Trinajstić information content (AvgIpc) is 2.28. The van der Waals surface area contributed by atoms with Crippen LogP contribution < -0.4 is 10.2 Å². The van der Waals surface area contributed by atoms with Crippen molar-refractivity contribution in [3.63, 3.8) is 0 Å². The van der Waals surface area contributed by atoms with Crippen LogP contribution >= 0.6 is 0 Å². The van der Waals surface area contributed by atoms with E-state index in [0.29, 0.717) is 6.54 Å². The Morgan fingerprint density at radius 2 is 2.00 bits per heavy atom. The molecule has 0 aliphatic heterocycles. The Kier molecular flexibility index (Phi) is 4.69. The summed E-state index contributed by atoms with van der Waals surface area (Å²) in [6.07, 6.45) is -3.55. The first-order valence-electron chi connectivity index (χ1n) is 5.45. The lowest BCUT2D eigenvalue weighted by Gasteiger charge is -2.23. The third kappa shape index (κ3) is 4.01. The molecule has 0 aliphatic carbocycles. The van der Waals surface area contributed by atoms with E-state index in [4.69, 9.17) is 0 Å². The highest BCUT2D eigenvalue weighted by molar-refractivity contribution is 5.44. The predicted molar refractivity (Wildman–Crippen MR) is 60.1 cm³/mol. The Morgan fingerprint density at radius 3 is 2.50 bits per heavy atom. The van der Waals surface area contributed by atoms with E-state index in [2.05, 4.69) is 15.3 Å². The Balaban J connectivity index is 3.00. The van der Waals surface area contributed by atoms with E-state index in [0.717, 1.165) is 11.1 Å². The van der Waals surface area contributed by atoms with Gasteiger partial charge in [-0.1, -0.05) is 0 Å². The SMILES string of the molecule is CCNc1ncc(F)c(N(CC)CC(F)(F)F)n1. The van der Waals surface area contributed by atoms with Crippen molar-refractivity contribution in [1.29, 1.82) is 0 Å². The summed E-state index contributed by atoms with van der Waals surface area (Å²) in [6.45, 7) is 2.53. The fourth-order valence-electron chi connectivity index (χ4n) is 1.38. The van der Waals surface area contributed by atoms with E-state index >= 15 is 0 Å². The predicted octanol–water partition coefficient (Wildman–Crippen LogP) is 2.44. The van der Waals surface area contributed by atoms with E-state index in [9.17, 15) is 17.6 Å². The molecule has 8 heteroatoms. The lowest BCUT2D eigenvalue weighted by molar-refractivity contribution is -0.119. The number of aromatic nitrogens is 2. The van der Waals surface area contributed by atoms with Crippen molar-refractivity contribution in [2.24, 2.45) is 0 Å². The maximum Gasteiger partial charge on any atom is 0.405 e. The monoisotopic (exact) mass is 266 g/mol. The van der Waals surface area contributed by atoms with Crippen LogP contribution in [0.4, 0.5) is 29.3 Å². The summed E-state index contributed by atoms with van der Waals surface area (Å²) in [6, 6.07) is 0. The highest BCUT2D eigenvalue weighted by atomic mass is 19.4. The molecule has 1 rings (SSSR count). The second-order valence-corrected chi connectivity index (χ2v) is 3.52. The molecule has 0 amide bonds. The van der Waals surface area contributed by atoms with Crippen LogP contribution in [0.2, 0.25) is 0 Å². The molecule has 1 heterocycles. The normalized spacial score (nSPS) is 11.4. The van der Waals surface area contributed by atoms with Crippen LogP contribution in [-0.2, 0) is 0 Å². The zero-order valence-corrected chi connectivity index (χ0v) is 10.1. The molecule has 0 saturated carbocycles. The van der Waals surface area contributed by atoms with Gasteiger partial charge in [-0.15, -0.1) is 0 Å². The molecule has 0 aliphatic rings. The highest BCUT2D eigenvalue weighted by Gasteiger charge is 2.32. The van der Waals surface area contributed by atoms with E-state index < -0.39 is 18.5 Å². The first-order valence-corrected chi connectivity index (χ1v) is 5.45. The quantitative estimate of drug-likeness (QED) is 0.831. The number of nitrogens with zero attached hydrogens (tertiary/aromatic N) is 3. The van der Waals surface area contributed by atoms with Crippen LogP contribution in [0.5, 0.6) is 0 Å². The summed E-state index contributed by atoms with van der Waals surface area (Å²) in [5.41, 5.74) is 0. The van der Waals surface area contributed by atoms with Crippen LogP contribution in [0, 0.1) is 5.82 Å². The van der Waals surface area contributed by atoms with Gasteiger partial charge in [0.25, 0.3) is 0 Å². The molecule has 102 valence electrons. The summed E-state index contributed by atoms with van der Waals surface area (Å²) in [7, 11) is 0. The van der Waals surface area contributed by atoms with E-state index in [1.807, 2.05) is 0 Å². The molecule has 0 bridgehead atoms. The van der Waals surface area contributed by atoms with Crippen LogP contribution in [0.3, 0.4) is 0 Å². The van der Waals surface area contributed by atoms with Crippen molar-refractivity contribution in [2.45, 2.75) is 20.0 Å². The van der Waals surface area contributed by atoms with E-state index in [-0.39, 0.29) is 18.3 Å². The van der Waals surface area contributed by atoms with Gasteiger partial charge in [0.05, 0.1) is 6.20 Å². The topological polar surface area (TPSA) is 41.1 Å². The molecule has 1 aromatic rings. The Bertz CT molecular complexity index is 394. The average molecular weight is 266 g/mol. The smallest absolute Gasteiger partial charge is 0.354 e. The van der Waals surface area contributed by atoms with Crippen molar-refractivity contribution in [3.05, 3.63) is 12.0 Å². The molecule has 0 radical (unpaired) electrons. The maximum atomic E-state index is 13.5. The number of anilines is 2. The molecule has 0 fully saturated rings. The van der Waals surface area contributed by atoms with Gasteiger partial charge in [-0.25, -0.2) is 9.37 Å². The van der Waals surface area contributed by atoms with Crippen molar-refractivity contribution in [1.82, 2.24) is 9.97 Å². The van der Waals surface area contributed by atoms with Gasteiger partial charge in [0.1, 0.15) is 6.54 Å². The number of hydrogen-bond acceptors (Lipinski definition) is 4. The minimum absolute atomic E-state index is 0.000984. The van der Waals surface area contributed by atoms with E-state index in [1.165, 1.54) is 6.92 Å². The lowest BCUT2D eigenvalue weighted by Crippen LogP contribution is -2.35. The number of halogens is 4. The fourth-order valence-corrected chi connectivity index (χ4v) is 1.38. The molecule has 4 nitrogen and oxygen atoms in total. The van der Waals surface area contributed by atoms with Crippen molar-refractivity contribution in [3.8, 4) is 0 Å². The molecule has 1 N–H and O–H groups in total. The highest BCUT2D eigenvalue weighted by Crippen LogP contribution is 2.23. The van der Waals surface area contributed by atoms with Crippen molar-refractivity contribution >= 4 is 11.8 Å². The standard InChI is InChI=1S/C10H14F4N4/c1-3-15-9-16-5-7(11)8(17-9)18(4-2)6-10(12,13)14/h5H,3-4,6H2,1-2H3,(H,15,16,17). The number of rotatable bonds is 5. The number of nitrogens with one attached hydrogen (secondary N) is 1. The van der Waals surface area contributed by atoms with Crippen LogP contribution in [0.25, 0.3) is 0 Å². The summed E-state index contributed by atoms with van der Waals surface area (Å²) in [5.74, 6) is -1.11. The van der Waals surface area contributed by atoms with Crippen LogP contribution in [0.1, 0.15) is 13.8 Å². The molecular weight excluding hydrogens is 252 g/mol. The van der Waals surface area contributed by atoms with Gasteiger partial charge in [-0.05, 0) is 13.8 Å². The molecule has 0 unspecified atom stereocenters. The molecule has 0 saturated heterocycles. The van der Waals surface area contributed by atoms with E-state index in [1.54, 1.807) is 6.92 Å². The number of alkyl halides is 3. The molecule has 18 heavy (non-hydrogen) atoms. The summed E-state index contributed by atoms with van der Waals surface area (Å²) < 4.78 is 50.5. The molecular formula is C10H14F4N4. The molecule has 0 aromatic carbocycles. The maximum absolute atomic E-state index is 13.5. The van der Waals surface area contributed by atoms with Crippen molar-refractivity contribution < 1.29 is 17.6 Å². The first kappa shape index (κ1) is 14.5. The molecule has 1 aromatic heterocycles. The van der Waals surface area contributed by atoms with Gasteiger partial charge in [0.2, 0.25) is 5.95 Å². The largest absolute Gasteiger partial charge is 0.405 e. The second kappa shape index (κ2) is 5.83. The zero-order chi connectivity index (χ0) is 13.8. The van der Waals surface area contributed by atoms with Gasteiger partial charge in [0, 0.05) is 13.1 Å². The van der Waals surface area contributed by atoms with Gasteiger partial charge >= 0.3 is 6.18 Å². The summed E-state index contributed by atoms with van der Waals surface area (Å²) in [5, 5.41) is 2.72. The first-order chi connectivity index (χ1) is 8.37. The fraction of sp³-hybridized carbons (Fsp3) is 0.600. The Labute approximate surface area is 102 Å². The Hall–Kier alpha value is -1.60. The Morgan fingerprint density at radius 1 is 1.33 bits per heavy atom. The third-order valence-electron chi connectivity index (χ3n) is 2.11. The lowest BCUT2D eigenvalue weighted by atomic mass is 10.4. The third-order valence-corrected chi connectivity index (χ3v) is 2.11. The van der Waals surface area contributed by atoms with Gasteiger partial charge in [0.15, 0.2) is 11.6 Å². The van der Waals surface area contributed by atoms with Gasteiger partial charge in [-0.3, -0.25) is 0 Å². The van der Waals surface area contributed by atoms with Crippen LogP contribution in [-0.4, -0.2) is 35.8 Å². The molecule has 0 spiro atoms.